The summed E-state index contributed by atoms with van der Waals surface area (Å²) in [6.07, 6.45) is 0.995. The van der Waals surface area contributed by atoms with Gasteiger partial charge in [-0.15, -0.1) is 0 Å². The van der Waals surface area contributed by atoms with Gasteiger partial charge in [0.2, 0.25) is 0 Å². The zero-order valence-corrected chi connectivity index (χ0v) is 14.3. The molecule has 0 aliphatic rings. The fourth-order valence-corrected chi connectivity index (χ4v) is 2.57. The van der Waals surface area contributed by atoms with Crippen molar-refractivity contribution in [2.75, 3.05) is 0 Å². The minimum Gasteiger partial charge on any atom is -0.310 e. The van der Waals surface area contributed by atoms with Crippen molar-refractivity contribution in [2.24, 2.45) is 0 Å². The van der Waals surface area contributed by atoms with Gasteiger partial charge in [0, 0.05) is 17.1 Å². The van der Waals surface area contributed by atoms with E-state index in [9.17, 15) is 0 Å². The monoisotopic (exact) mass is 371 g/mol. The average molecular weight is 373 g/mol. The molecule has 4 heteroatoms. The largest absolute Gasteiger partial charge is 0.310 e. The lowest BCUT2D eigenvalue weighted by Crippen LogP contribution is -2.27. The second-order valence-electron chi connectivity index (χ2n) is 4.86. The molecular formula is C16H16BrCl2N. The quantitative estimate of drug-likeness (QED) is 0.732. The molecule has 0 saturated heterocycles. The lowest BCUT2D eigenvalue weighted by molar-refractivity contribution is 0.545. The van der Waals surface area contributed by atoms with E-state index in [1.54, 1.807) is 0 Å². The molecule has 0 spiro atoms. The molecule has 20 heavy (non-hydrogen) atoms. The maximum atomic E-state index is 6.01. The van der Waals surface area contributed by atoms with E-state index in [0.29, 0.717) is 16.1 Å². The van der Waals surface area contributed by atoms with Gasteiger partial charge in [-0.2, -0.15) is 0 Å². The Bertz CT molecular complexity index is 569. The molecule has 0 saturated carbocycles. The standard InChI is InChI=1S/C16H16BrCl2N/c1-11(8-12-2-5-14(17)6-3-12)20-10-13-4-7-15(18)16(19)9-13/h2-7,9,11,20H,8,10H2,1H3. The molecule has 0 bridgehead atoms. The number of hydrogen-bond acceptors (Lipinski definition) is 1. The highest BCUT2D eigenvalue weighted by atomic mass is 79.9. The molecule has 1 unspecified atom stereocenters. The van der Waals surface area contributed by atoms with Gasteiger partial charge >= 0.3 is 0 Å². The second-order valence-corrected chi connectivity index (χ2v) is 6.59. The Morgan fingerprint density at radius 2 is 1.65 bits per heavy atom. The molecule has 106 valence electrons. The Balaban J connectivity index is 1.86. The topological polar surface area (TPSA) is 12.0 Å². The first-order valence-corrected chi connectivity index (χ1v) is 8.01. The van der Waals surface area contributed by atoms with E-state index in [1.807, 2.05) is 18.2 Å². The van der Waals surface area contributed by atoms with Crippen molar-refractivity contribution in [1.82, 2.24) is 5.32 Å². The van der Waals surface area contributed by atoms with Gasteiger partial charge in [0.15, 0.2) is 0 Å². The molecule has 0 heterocycles. The van der Waals surface area contributed by atoms with Gasteiger partial charge in [0.25, 0.3) is 0 Å². The van der Waals surface area contributed by atoms with E-state index in [0.717, 1.165) is 23.0 Å². The number of nitrogens with one attached hydrogen (secondary N) is 1. The highest BCUT2D eigenvalue weighted by Gasteiger charge is 2.05. The van der Waals surface area contributed by atoms with Crippen LogP contribution in [-0.2, 0) is 13.0 Å². The molecule has 1 atom stereocenters. The predicted octanol–water partition coefficient (Wildman–Crippen LogP) is 5.48. The zero-order chi connectivity index (χ0) is 14.5. The van der Waals surface area contributed by atoms with Crippen molar-refractivity contribution in [3.63, 3.8) is 0 Å². The van der Waals surface area contributed by atoms with Crippen molar-refractivity contribution in [2.45, 2.75) is 25.9 Å². The SMILES string of the molecule is CC(Cc1ccc(Br)cc1)NCc1ccc(Cl)c(Cl)c1. The van der Waals surface area contributed by atoms with Crippen LogP contribution in [0, 0.1) is 0 Å². The molecule has 1 N–H and O–H groups in total. The first-order chi connectivity index (χ1) is 9.54. The molecule has 0 radical (unpaired) electrons. The Morgan fingerprint density at radius 3 is 2.30 bits per heavy atom. The molecule has 0 fully saturated rings. The minimum absolute atomic E-state index is 0.394. The lowest BCUT2D eigenvalue weighted by atomic mass is 10.1. The van der Waals surface area contributed by atoms with Crippen molar-refractivity contribution < 1.29 is 0 Å². The van der Waals surface area contributed by atoms with E-state index in [-0.39, 0.29) is 0 Å². The Morgan fingerprint density at radius 1 is 1.00 bits per heavy atom. The molecular weight excluding hydrogens is 357 g/mol. The summed E-state index contributed by atoms with van der Waals surface area (Å²) in [4.78, 5) is 0. The molecule has 2 rings (SSSR count). The van der Waals surface area contributed by atoms with Crippen LogP contribution in [0.15, 0.2) is 46.9 Å². The first-order valence-electron chi connectivity index (χ1n) is 6.46. The number of benzene rings is 2. The molecule has 1 nitrogen and oxygen atoms in total. The van der Waals surface area contributed by atoms with Gasteiger partial charge in [-0.1, -0.05) is 57.3 Å². The van der Waals surface area contributed by atoms with E-state index < -0.39 is 0 Å². The third-order valence-corrected chi connectivity index (χ3v) is 4.36. The van der Waals surface area contributed by atoms with Crippen molar-refractivity contribution >= 4 is 39.1 Å². The van der Waals surface area contributed by atoms with E-state index in [1.165, 1.54) is 5.56 Å². The summed E-state index contributed by atoms with van der Waals surface area (Å²) >= 11 is 15.4. The third-order valence-electron chi connectivity index (χ3n) is 3.09. The average Bonchev–Trinajstić information content (AvgIpc) is 2.43. The van der Waals surface area contributed by atoms with Crippen LogP contribution in [-0.4, -0.2) is 6.04 Å². The van der Waals surface area contributed by atoms with Crippen LogP contribution in [0.2, 0.25) is 10.0 Å². The number of halogens is 3. The summed E-state index contributed by atoms with van der Waals surface area (Å²) in [7, 11) is 0. The van der Waals surface area contributed by atoms with E-state index >= 15 is 0 Å². The fraction of sp³-hybridized carbons (Fsp3) is 0.250. The summed E-state index contributed by atoms with van der Waals surface area (Å²) < 4.78 is 1.11. The lowest BCUT2D eigenvalue weighted by Gasteiger charge is -2.14. The molecule has 0 aliphatic carbocycles. The fourth-order valence-electron chi connectivity index (χ4n) is 1.99. The maximum absolute atomic E-state index is 6.01. The van der Waals surface area contributed by atoms with Crippen molar-refractivity contribution in [3.8, 4) is 0 Å². The molecule has 0 aromatic heterocycles. The number of hydrogen-bond donors (Lipinski definition) is 1. The van der Waals surface area contributed by atoms with E-state index in [4.69, 9.17) is 23.2 Å². The summed E-state index contributed by atoms with van der Waals surface area (Å²) in [6, 6.07) is 14.5. The van der Waals surface area contributed by atoms with Crippen LogP contribution < -0.4 is 5.32 Å². The van der Waals surface area contributed by atoms with Crippen LogP contribution in [0.25, 0.3) is 0 Å². The second kappa shape index (κ2) is 7.46. The summed E-state index contributed by atoms with van der Waals surface area (Å²) in [5.41, 5.74) is 2.46. The number of rotatable bonds is 5. The first kappa shape index (κ1) is 15.8. The highest BCUT2D eigenvalue weighted by molar-refractivity contribution is 9.10. The van der Waals surface area contributed by atoms with Gasteiger partial charge in [0.1, 0.15) is 0 Å². The zero-order valence-electron chi connectivity index (χ0n) is 11.2. The Labute approximate surface area is 138 Å². The summed E-state index contributed by atoms with van der Waals surface area (Å²) in [5, 5.41) is 4.69. The van der Waals surface area contributed by atoms with Crippen LogP contribution in [0.5, 0.6) is 0 Å². The summed E-state index contributed by atoms with van der Waals surface area (Å²) in [5.74, 6) is 0. The van der Waals surface area contributed by atoms with Crippen LogP contribution >= 0.6 is 39.1 Å². The van der Waals surface area contributed by atoms with Crippen LogP contribution in [0.1, 0.15) is 18.1 Å². The minimum atomic E-state index is 0.394. The van der Waals surface area contributed by atoms with Gasteiger partial charge in [-0.3, -0.25) is 0 Å². The highest BCUT2D eigenvalue weighted by Crippen LogP contribution is 2.22. The normalized spacial score (nSPS) is 12.4. The van der Waals surface area contributed by atoms with Gasteiger partial charge < -0.3 is 5.32 Å². The smallest absolute Gasteiger partial charge is 0.0595 e. The Hall–Kier alpha value is -0.540. The van der Waals surface area contributed by atoms with Crippen LogP contribution in [0.4, 0.5) is 0 Å². The maximum Gasteiger partial charge on any atom is 0.0595 e. The molecule has 0 aliphatic heterocycles. The molecule has 2 aromatic carbocycles. The molecule has 2 aromatic rings. The summed E-state index contributed by atoms with van der Waals surface area (Å²) in [6.45, 7) is 2.97. The molecule has 0 amide bonds. The third kappa shape index (κ3) is 4.78. The Kier molecular flexibility index (Phi) is 5.91. The van der Waals surface area contributed by atoms with Crippen molar-refractivity contribution in [1.29, 1.82) is 0 Å². The van der Waals surface area contributed by atoms with E-state index in [2.05, 4.69) is 52.4 Å². The predicted molar refractivity (Wildman–Crippen MR) is 90.6 cm³/mol. The van der Waals surface area contributed by atoms with Crippen molar-refractivity contribution in [3.05, 3.63) is 68.1 Å². The van der Waals surface area contributed by atoms with Gasteiger partial charge in [0.05, 0.1) is 10.0 Å². The van der Waals surface area contributed by atoms with Gasteiger partial charge in [-0.25, -0.2) is 0 Å². The van der Waals surface area contributed by atoms with Gasteiger partial charge in [-0.05, 0) is 48.7 Å². The van der Waals surface area contributed by atoms with Crippen LogP contribution in [0.3, 0.4) is 0 Å².